The lowest BCUT2D eigenvalue weighted by Gasteiger charge is -2.22. The van der Waals surface area contributed by atoms with Crippen molar-refractivity contribution < 1.29 is 14.3 Å². The maximum absolute atomic E-state index is 12.5. The van der Waals surface area contributed by atoms with Crippen LogP contribution >= 0.6 is 11.3 Å². The van der Waals surface area contributed by atoms with Gasteiger partial charge in [-0.15, -0.1) is 11.3 Å². The van der Waals surface area contributed by atoms with Crippen molar-refractivity contribution in [2.45, 2.75) is 38.8 Å². The molecule has 1 aliphatic heterocycles. The first-order valence-electron chi connectivity index (χ1n) is 8.99. The molecule has 1 aliphatic carbocycles. The van der Waals surface area contributed by atoms with Crippen LogP contribution in [0.3, 0.4) is 0 Å². The van der Waals surface area contributed by atoms with Crippen molar-refractivity contribution >= 4 is 28.8 Å². The van der Waals surface area contributed by atoms with Gasteiger partial charge in [0.15, 0.2) is 6.10 Å². The zero-order valence-electron chi connectivity index (χ0n) is 14.7. The molecule has 4 rings (SSSR count). The predicted octanol–water partition coefficient (Wildman–Crippen LogP) is 3.45. The number of rotatable bonds is 5. The summed E-state index contributed by atoms with van der Waals surface area (Å²) in [7, 11) is 0. The van der Waals surface area contributed by atoms with Gasteiger partial charge in [-0.05, 0) is 55.3 Å². The minimum atomic E-state index is -0.478. The maximum atomic E-state index is 12.5. The number of thiophene rings is 1. The van der Waals surface area contributed by atoms with Crippen LogP contribution in [0.5, 0.6) is 5.75 Å². The average molecular weight is 370 g/mol. The van der Waals surface area contributed by atoms with Crippen LogP contribution in [-0.2, 0) is 22.6 Å². The summed E-state index contributed by atoms with van der Waals surface area (Å²) in [5, 5.41) is 4.92. The molecule has 2 aromatic rings. The number of fused-ring (bicyclic) bond motifs is 1. The van der Waals surface area contributed by atoms with Gasteiger partial charge >= 0.3 is 0 Å². The first-order chi connectivity index (χ1) is 12.6. The molecule has 1 unspecified atom stereocenters. The molecule has 1 atom stereocenters. The Labute approximate surface area is 157 Å². The Morgan fingerprint density at radius 1 is 1.35 bits per heavy atom. The fourth-order valence-corrected chi connectivity index (χ4v) is 3.92. The van der Waals surface area contributed by atoms with Crippen LogP contribution in [0.4, 0.5) is 5.69 Å². The molecule has 1 aromatic heterocycles. The molecule has 0 bridgehead atoms. The van der Waals surface area contributed by atoms with Crippen LogP contribution in [-0.4, -0.2) is 29.4 Å². The number of hydrogen-bond acceptors (Lipinski definition) is 4. The molecule has 6 heteroatoms. The van der Waals surface area contributed by atoms with Crippen LogP contribution in [0.15, 0.2) is 35.7 Å². The number of benzene rings is 1. The second-order valence-electron chi connectivity index (χ2n) is 7.05. The van der Waals surface area contributed by atoms with Crippen LogP contribution in [0.1, 0.15) is 30.2 Å². The number of carbonyl (C=O) groups excluding carboxylic acids is 2. The Morgan fingerprint density at radius 2 is 2.19 bits per heavy atom. The summed E-state index contributed by atoms with van der Waals surface area (Å²) in [5.41, 5.74) is 1.68. The van der Waals surface area contributed by atoms with Gasteiger partial charge in [0.05, 0.1) is 6.42 Å². The quantitative estimate of drug-likeness (QED) is 0.877. The monoisotopic (exact) mass is 370 g/mol. The number of amides is 2. The minimum Gasteiger partial charge on any atom is -0.481 e. The van der Waals surface area contributed by atoms with Crippen molar-refractivity contribution in [3.8, 4) is 5.75 Å². The van der Waals surface area contributed by atoms with E-state index < -0.39 is 6.10 Å². The van der Waals surface area contributed by atoms with E-state index in [2.05, 4.69) is 5.32 Å². The highest BCUT2D eigenvalue weighted by atomic mass is 32.1. The van der Waals surface area contributed by atoms with Crippen LogP contribution in [0, 0.1) is 5.92 Å². The number of nitrogens with zero attached hydrogens (tertiary/aromatic N) is 1. The Bertz CT molecular complexity index is 814. The van der Waals surface area contributed by atoms with E-state index in [0.717, 1.165) is 28.4 Å². The molecule has 0 spiro atoms. The Balaban J connectivity index is 1.49. The molecule has 0 saturated heterocycles. The summed E-state index contributed by atoms with van der Waals surface area (Å²) in [6.07, 6.45) is 2.29. The summed E-state index contributed by atoms with van der Waals surface area (Å²) in [6.45, 7) is 3.12. The van der Waals surface area contributed by atoms with Gasteiger partial charge < -0.3 is 15.0 Å². The van der Waals surface area contributed by atoms with E-state index in [1.807, 2.05) is 40.6 Å². The van der Waals surface area contributed by atoms with Gasteiger partial charge in [-0.1, -0.05) is 6.07 Å². The van der Waals surface area contributed by atoms with Gasteiger partial charge in [-0.3, -0.25) is 9.59 Å². The van der Waals surface area contributed by atoms with Crippen molar-refractivity contribution in [2.75, 3.05) is 11.9 Å². The van der Waals surface area contributed by atoms with Crippen LogP contribution in [0.2, 0.25) is 0 Å². The second-order valence-corrected chi connectivity index (χ2v) is 8.08. The summed E-state index contributed by atoms with van der Waals surface area (Å²) in [5.74, 6) is 1.35. The highest BCUT2D eigenvalue weighted by molar-refractivity contribution is 7.10. The molecule has 2 heterocycles. The lowest BCUT2D eigenvalue weighted by atomic mass is 10.1. The van der Waals surface area contributed by atoms with E-state index in [9.17, 15) is 9.59 Å². The summed E-state index contributed by atoms with van der Waals surface area (Å²) < 4.78 is 5.84. The number of hydrogen-bond donors (Lipinski definition) is 1. The highest BCUT2D eigenvalue weighted by Gasteiger charge is 2.32. The number of anilines is 1. The van der Waals surface area contributed by atoms with Gasteiger partial charge in [0.2, 0.25) is 5.91 Å². The summed E-state index contributed by atoms with van der Waals surface area (Å²) in [4.78, 5) is 27.7. The molecule has 136 valence electrons. The van der Waals surface area contributed by atoms with Gasteiger partial charge in [0.25, 0.3) is 5.91 Å². The van der Waals surface area contributed by atoms with Crippen molar-refractivity contribution in [3.05, 3.63) is 46.2 Å². The van der Waals surface area contributed by atoms with Crippen molar-refractivity contribution in [1.82, 2.24) is 4.90 Å². The summed E-state index contributed by atoms with van der Waals surface area (Å²) >= 11 is 1.57. The zero-order chi connectivity index (χ0) is 18.1. The number of carbonyl (C=O) groups is 2. The van der Waals surface area contributed by atoms with Gasteiger partial charge in [0.1, 0.15) is 5.75 Å². The van der Waals surface area contributed by atoms with Gasteiger partial charge in [-0.2, -0.15) is 0 Å². The van der Waals surface area contributed by atoms with Crippen molar-refractivity contribution in [2.24, 2.45) is 5.92 Å². The molecule has 2 aliphatic rings. The molecule has 1 fully saturated rings. The van der Waals surface area contributed by atoms with Gasteiger partial charge in [-0.25, -0.2) is 0 Å². The third kappa shape index (κ3) is 3.90. The zero-order valence-corrected chi connectivity index (χ0v) is 15.6. The van der Waals surface area contributed by atoms with E-state index in [0.29, 0.717) is 18.9 Å². The van der Waals surface area contributed by atoms with Crippen LogP contribution < -0.4 is 10.1 Å². The molecular weight excluding hydrogens is 348 g/mol. The Kier molecular flexibility index (Phi) is 4.68. The van der Waals surface area contributed by atoms with Crippen LogP contribution in [0.25, 0.3) is 0 Å². The molecule has 5 nitrogen and oxygen atoms in total. The molecule has 26 heavy (non-hydrogen) atoms. The van der Waals surface area contributed by atoms with Crippen molar-refractivity contribution in [1.29, 1.82) is 0 Å². The van der Waals surface area contributed by atoms with E-state index in [1.165, 1.54) is 12.8 Å². The second kappa shape index (κ2) is 7.11. The molecule has 1 N–H and O–H groups in total. The molecule has 0 radical (unpaired) electrons. The molecule has 1 aromatic carbocycles. The van der Waals surface area contributed by atoms with E-state index in [4.69, 9.17) is 4.74 Å². The fourth-order valence-electron chi connectivity index (χ4n) is 3.22. The SMILES string of the molecule is CC1Oc2ccc(NC(=O)Cc3cccs3)cc2CN(CC2CC2)C1=O. The van der Waals surface area contributed by atoms with E-state index >= 15 is 0 Å². The highest BCUT2D eigenvalue weighted by Crippen LogP contribution is 2.33. The topological polar surface area (TPSA) is 58.6 Å². The third-order valence-electron chi connectivity index (χ3n) is 4.76. The average Bonchev–Trinajstić information content (AvgIpc) is 3.30. The summed E-state index contributed by atoms with van der Waals surface area (Å²) in [6, 6.07) is 9.50. The molecular formula is C20H22N2O3S. The van der Waals surface area contributed by atoms with E-state index in [-0.39, 0.29) is 11.8 Å². The number of nitrogens with one attached hydrogen (secondary N) is 1. The Morgan fingerprint density at radius 3 is 2.92 bits per heavy atom. The first-order valence-corrected chi connectivity index (χ1v) is 9.87. The minimum absolute atomic E-state index is 0.0383. The molecule has 2 amide bonds. The fraction of sp³-hybridized carbons (Fsp3) is 0.400. The van der Waals surface area contributed by atoms with Gasteiger partial charge in [0, 0.05) is 29.2 Å². The largest absolute Gasteiger partial charge is 0.481 e. The Hall–Kier alpha value is -2.34. The lowest BCUT2D eigenvalue weighted by Crippen LogP contribution is -2.39. The first kappa shape index (κ1) is 17.1. The smallest absolute Gasteiger partial charge is 0.263 e. The third-order valence-corrected chi connectivity index (χ3v) is 5.64. The molecule has 1 saturated carbocycles. The lowest BCUT2D eigenvalue weighted by molar-refractivity contribution is -0.137. The maximum Gasteiger partial charge on any atom is 0.263 e. The van der Waals surface area contributed by atoms with Crippen molar-refractivity contribution in [3.63, 3.8) is 0 Å². The number of ether oxygens (including phenoxy) is 1. The standard InChI is InChI=1S/C20H22N2O3S/c1-13-20(24)22(11-14-4-5-14)12-15-9-16(6-7-18(15)25-13)21-19(23)10-17-3-2-8-26-17/h2-3,6-9,13-14H,4-5,10-12H2,1H3,(H,21,23). The normalized spacial score (nSPS) is 19.5. The predicted molar refractivity (Wildman–Crippen MR) is 101 cm³/mol. The van der Waals surface area contributed by atoms with E-state index in [1.54, 1.807) is 18.3 Å².